The number of aryl methyl sites for hydroxylation is 1. The van der Waals surface area contributed by atoms with E-state index < -0.39 is 5.97 Å². The molecule has 0 atom stereocenters. The lowest BCUT2D eigenvalue weighted by Crippen LogP contribution is -2.45. The number of fused-ring (bicyclic) bond motifs is 5. The predicted molar refractivity (Wildman–Crippen MR) is 179 cm³/mol. The first-order chi connectivity index (χ1) is 21.9. The number of hydrogen-bond acceptors (Lipinski definition) is 5. The normalized spacial score (nSPS) is 15.3. The van der Waals surface area contributed by atoms with Crippen LogP contribution in [0.15, 0.2) is 60.2 Å². The number of anilines is 1. The number of carbonyl (C=O) groups excluding carboxylic acids is 3. The minimum absolute atomic E-state index is 0.0324. The Balaban J connectivity index is 1.66. The Hall–Kier alpha value is -4.33. The van der Waals surface area contributed by atoms with Gasteiger partial charge in [-0.05, 0) is 81.4 Å². The average Bonchev–Trinajstić information content (AvgIpc) is 3.30. The van der Waals surface area contributed by atoms with Crippen molar-refractivity contribution in [3.05, 3.63) is 71.3 Å². The van der Waals surface area contributed by atoms with Gasteiger partial charge in [0.2, 0.25) is 11.8 Å². The Morgan fingerprint density at radius 3 is 2.51 bits per heavy atom. The summed E-state index contributed by atoms with van der Waals surface area (Å²) in [5.41, 5.74) is 5.93. The molecular weight excluding hydrogens is 566 g/mol. The van der Waals surface area contributed by atoms with Gasteiger partial charge in [-0.15, -0.1) is 0 Å². The molecule has 0 radical (unpaired) electrons. The van der Waals surface area contributed by atoms with Crippen molar-refractivity contribution in [2.24, 2.45) is 0 Å². The van der Waals surface area contributed by atoms with Crippen LogP contribution in [0.3, 0.4) is 0 Å². The second-order valence-corrected chi connectivity index (χ2v) is 11.8. The third-order valence-corrected chi connectivity index (χ3v) is 8.89. The highest BCUT2D eigenvalue weighted by atomic mass is 16.5. The molecule has 3 heterocycles. The fraction of sp³-hybridized carbons (Fsp3) is 0.432. The maximum absolute atomic E-state index is 14.2. The highest BCUT2D eigenvalue weighted by Crippen LogP contribution is 2.43. The lowest BCUT2D eigenvalue weighted by atomic mass is 9.98. The van der Waals surface area contributed by atoms with Crippen molar-refractivity contribution in [1.82, 2.24) is 9.47 Å². The van der Waals surface area contributed by atoms with E-state index in [1.165, 1.54) is 7.11 Å². The number of rotatable bonds is 11. The number of piperidine rings is 1. The molecule has 5 rings (SSSR count). The molecule has 2 amide bonds. The molecular formula is C37H45N3O5. The molecule has 8 nitrogen and oxygen atoms in total. The first-order valence-electron chi connectivity index (χ1n) is 16.3. The van der Waals surface area contributed by atoms with Gasteiger partial charge in [0, 0.05) is 30.1 Å². The summed E-state index contributed by atoms with van der Waals surface area (Å²) in [7, 11) is 1.37. The van der Waals surface area contributed by atoms with Crippen LogP contribution in [0.1, 0.15) is 75.2 Å². The Labute approximate surface area is 266 Å². The zero-order chi connectivity index (χ0) is 31.9. The molecule has 1 saturated heterocycles. The molecule has 0 saturated carbocycles. The van der Waals surface area contributed by atoms with Gasteiger partial charge in [-0.3, -0.25) is 9.59 Å². The number of benzene rings is 2. The van der Waals surface area contributed by atoms with E-state index >= 15 is 0 Å². The van der Waals surface area contributed by atoms with Crippen molar-refractivity contribution in [1.29, 1.82) is 0 Å². The van der Waals surface area contributed by atoms with Gasteiger partial charge in [-0.1, -0.05) is 44.1 Å². The predicted octanol–water partition coefficient (Wildman–Crippen LogP) is 7.09. The van der Waals surface area contributed by atoms with E-state index in [0.717, 1.165) is 91.3 Å². The van der Waals surface area contributed by atoms with Crippen molar-refractivity contribution < 1.29 is 23.9 Å². The van der Waals surface area contributed by atoms with Crippen LogP contribution in [0.2, 0.25) is 0 Å². The molecule has 3 aromatic rings. The maximum Gasteiger partial charge on any atom is 0.337 e. The number of esters is 1. The van der Waals surface area contributed by atoms with Crippen LogP contribution in [-0.2, 0) is 27.3 Å². The van der Waals surface area contributed by atoms with Gasteiger partial charge in [-0.25, -0.2) is 4.79 Å². The SMILES string of the molecule is C/C=C\C(=C/C)COc1ccc2c(c1)N(CC(=O)N1CCCCC1)C(=O)Cn1c-2c(CCCCC)c2ccc(C(=O)OC)cc21. The van der Waals surface area contributed by atoms with Gasteiger partial charge in [0.25, 0.3) is 0 Å². The van der Waals surface area contributed by atoms with E-state index in [2.05, 4.69) is 6.92 Å². The molecule has 45 heavy (non-hydrogen) atoms. The highest BCUT2D eigenvalue weighted by Gasteiger charge is 2.33. The summed E-state index contributed by atoms with van der Waals surface area (Å²) < 4.78 is 13.3. The average molecular weight is 612 g/mol. The zero-order valence-electron chi connectivity index (χ0n) is 27.1. The lowest BCUT2D eigenvalue weighted by Gasteiger charge is -2.30. The van der Waals surface area contributed by atoms with Gasteiger partial charge < -0.3 is 23.8 Å². The smallest absolute Gasteiger partial charge is 0.337 e. The van der Waals surface area contributed by atoms with Crippen molar-refractivity contribution in [3.63, 3.8) is 0 Å². The molecule has 2 aromatic carbocycles. The number of methoxy groups -OCH3 is 1. The Morgan fingerprint density at radius 1 is 1.00 bits per heavy atom. The minimum Gasteiger partial charge on any atom is -0.489 e. The Bertz CT molecular complexity index is 1630. The van der Waals surface area contributed by atoms with Crippen LogP contribution in [0.25, 0.3) is 22.2 Å². The molecule has 2 aliphatic heterocycles. The highest BCUT2D eigenvalue weighted by molar-refractivity contribution is 6.07. The number of ether oxygens (including phenoxy) is 2. The topological polar surface area (TPSA) is 81.1 Å². The summed E-state index contributed by atoms with van der Waals surface area (Å²) in [4.78, 5) is 43.9. The van der Waals surface area contributed by atoms with Crippen molar-refractivity contribution in [2.75, 3.05) is 38.3 Å². The number of hydrogen-bond donors (Lipinski definition) is 0. The van der Waals surface area contributed by atoms with E-state index in [0.29, 0.717) is 23.6 Å². The second kappa shape index (κ2) is 14.6. The van der Waals surface area contributed by atoms with Gasteiger partial charge in [-0.2, -0.15) is 0 Å². The molecule has 0 spiro atoms. The molecule has 0 aliphatic carbocycles. The van der Waals surface area contributed by atoms with Gasteiger partial charge in [0.15, 0.2) is 0 Å². The molecule has 2 aliphatic rings. The summed E-state index contributed by atoms with van der Waals surface area (Å²) in [6.07, 6.45) is 13.1. The van der Waals surface area contributed by atoms with Crippen LogP contribution in [0.4, 0.5) is 5.69 Å². The monoisotopic (exact) mass is 611 g/mol. The van der Waals surface area contributed by atoms with Crippen LogP contribution in [0.5, 0.6) is 5.75 Å². The minimum atomic E-state index is -0.422. The molecule has 0 bridgehead atoms. The van der Waals surface area contributed by atoms with E-state index in [1.807, 2.05) is 71.9 Å². The molecule has 0 unspecified atom stereocenters. The molecule has 0 N–H and O–H groups in total. The zero-order valence-corrected chi connectivity index (χ0v) is 27.1. The summed E-state index contributed by atoms with van der Waals surface area (Å²) >= 11 is 0. The third-order valence-electron chi connectivity index (χ3n) is 8.89. The number of unbranched alkanes of at least 4 members (excludes halogenated alkanes) is 2. The number of allylic oxidation sites excluding steroid dienone is 2. The molecule has 238 valence electrons. The maximum atomic E-state index is 14.2. The van der Waals surface area contributed by atoms with E-state index in [4.69, 9.17) is 9.47 Å². The summed E-state index contributed by atoms with van der Waals surface area (Å²) in [6.45, 7) is 7.98. The van der Waals surface area contributed by atoms with E-state index in [-0.39, 0.29) is 24.9 Å². The lowest BCUT2D eigenvalue weighted by molar-refractivity contribution is -0.132. The summed E-state index contributed by atoms with van der Waals surface area (Å²) in [6, 6.07) is 11.5. The van der Waals surface area contributed by atoms with Gasteiger partial charge in [0.1, 0.15) is 25.4 Å². The molecule has 1 fully saturated rings. The number of nitrogens with zero attached hydrogens (tertiary/aromatic N) is 3. The third kappa shape index (κ3) is 6.85. The molecule has 8 heteroatoms. The van der Waals surface area contributed by atoms with Crippen LogP contribution in [0, 0.1) is 0 Å². The summed E-state index contributed by atoms with van der Waals surface area (Å²) in [5, 5.41) is 1.02. The number of carbonyl (C=O) groups is 3. The second-order valence-electron chi connectivity index (χ2n) is 11.8. The van der Waals surface area contributed by atoms with Crippen LogP contribution in [-0.4, -0.2) is 60.6 Å². The largest absolute Gasteiger partial charge is 0.489 e. The first-order valence-corrected chi connectivity index (χ1v) is 16.3. The Morgan fingerprint density at radius 2 is 1.80 bits per heavy atom. The van der Waals surface area contributed by atoms with Gasteiger partial charge >= 0.3 is 5.97 Å². The van der Waals surface area contributed by atoms with E-state index in [9.17, 15) is 14.4 Å². The standard InChI is InChI=1S/C37H45N3O5/c1-5-8-10-14-30-29-17-15-27(37(43)44-4)21-32(29)40-24-35(42)39(23-34(41)38-19-11-9-12-20-38)33-22-28(16-18-31(33)36(30)40)45-25-26(7-3)13-6-2/h6-7,13,15-18,21-22H,5,8-12,14,19-20,23-25H2,1-4H3/b13-6-,26-7+. The van der Waals surface area contributed by atoms with E-state index in [1.54, 1.807) is 11.0 Å². The Kier molecular flexibility index (Phi) is 10.4. The summed E-state index contributed by atoms with van der Waals surface area (Å²) in [5.74, 6) is -0.0153. The fourth-order valence-electron chi connectivity index (χ4n) is 6.48. The number of amides is 2. The van der Waals surface area contributed by atoms with Crippen molar-refractivity contribution >= 4 is 34.4 Å². The van der Waals surface area contributed by atoms with Crippen molar-refractivity contribution in [2.45, 2.75) is 72.3 Å². The van der Waals surface area contributed by atoms with Crippen LogP contribution < -0.4 is 9.64 Å². The van der Waals surface area contributed by atoms with Gasteiger partial charge in [0.05, 0.1) is 29.6 Å². The quantitative estimate of drug-likeness (QED) is 0.131. The molecule has 1 aromatic heterocycles. The van der Waals surface area contributed by atoms with Crippen LogP contribution >= 0.6 is 0 Å². The fourth-order valence-corrected chi connectivity index (χ4v) is 6.48. The number of likely N-dealkylation sites (tertiary alicyclic amines) is 1. The first kappa shape index (κ1) is 32.1. The number of aromatic nitrogens is 1. The van der Waals surface area contributed by atoms with Crippen molar-refractivity contribution in [3.8, 4) is 17.0 Å².